The Labute approximate surface area is 133 Å². The van der Waals surface area contributed by atoms with Gasteiger partial charge in [0.25, 0.3) is 0 Å². The summed E-state index contributed by atoms with van der Waals surface area (Å²) in [7, 11) is 1.38. The summed E-state index contributed by atoms with van der Waals surface area (Å²) < 4.78 is 10.5. The first-order valence-corrected chi connectivity index (χ1v) is 8.22. The van der Waals surface area contributed by atoms with Crippen LogP contribution >= 0.6 is 11.3 Å². The molecule has 22 heavy (non-hydrogen) atoms. The van der Waals surface area contributed by atoms with Gasteiger partial charge in [0.05, 0.1) is 25.1 Å². The van der Waals surface area contributed by atoms with Gasteiger partial charge in [0.2, 0.25) is 0 Å². The lowest BCUT2D eigenvalue weighted by atomic mass is 10.2. The second kappa shape index (κ2) is 6.18. The number of aromatic nitrogens is 2. The van der Waals surface area contributed by atoms with Crippen molar-refractivity contribution in [2.75, 3.05) is 25.1 Å². The van der Waals surface area contributed by atoms with Gasteiger partial charge in [-0.05, 0) is 18.4 Å². The Morgan fingerprint density at radius 2 is 2.32 bits per heavy atom. The van der Waals surface area contributed by atoms with Crippen molar-refractivity contribution in [1.29, 1.82) is 0 Å². The molecule has 0 aliphatic carbocycles. The number of rotatable bonds is 3. The first-order valence-electron chi connectivity index (χ1n) is 7.34. The number of methoxy groups -OCH3 is 1. The lowest BCUT2D eigenvalue weighted by Gasteiger charge is -2.36. The first kappa shape index (κ1) is 15.2. The van der Waals surface area contributed by atoms with E-state index in [4.69, 9.17) is 9.47 Å². The SMILES string of the molecule is CCc1nc(N2CC(C(=O)OC)O[C@H](C)C2)c2ccsc2n1. The van der Waals surface area contributed by atoms with E-state index in [1.54, 1.807) is 11.3 Å². The zero-order valence-electron chi connectivity index (χ0n) is 12.9. The lowest BCUT2D eigenvalue weighted by molar-refractivity contribution is -0.158. The number of aryl methyl sites for hydroxylation is 1. The van der Waals surface area contributed by atoms with Crippen LogP contribution in [-0.4, -0.2) is 48.3 Å². The fraction of sp³-hybridized carbons (Fsp3) is 0.533. The van der Waals surface area contributed by atoms with Gasteiger partial charge in [0.1, 0.15) is 16.5 Å². The first-order chi connectivity index (χ1) is 10.6. The van der Waals surface area contributed by atoms with E-state index in [-0.39, 0.29) is 12.1 Å². The Morgan fingerprint density at radius 3 is 3.05 bits per heavy atom. The molecule has 6 nitrogen and oxygen atoms in total. The van der Waals surface area contributed by atoms with Crippen LogP contribution in [0.1, 0.15) is 19.7 Å². The number of hydrogen-bond acceptors (Lipinski definition) is 7. The molecule has 118 valence electrons. The predicted octanol–water partition coefficient (Wildman–Crippen LogP) is 2.02. The molecule has 0 N–H and O–H groups in total. The van der Waals surface area contributed by atoms with Crippen molar-refractivity contribution in [2.45, 2.75) is 32.5 Å². The molecular formula is C15H19N3O3S. The number of esters is 1. The van der Waals surface area contributed by atoms with Gasteiger partial charge in [0.15, 0.2) is 6.10 Å². The number of thiophene rings is 1. The smallest absolute Gasteiger partial charge is 0.336 e. The summed E-state index contributed by atoms with van der Waals surface area (Å²) in [5.74, 6) is 1.36. The molecule has 1 fully saturated rings. The Bertz CT molecular complexity index is 688. The molecule has 3 rings (SSSR count). The zero-order chi connectivity index (χ0) is 15.7. The highest BCUT2D eigenvalue weighted by molar-refractivity contribution is 7.16. The number of fused-ring (bicyclic) bond motifs is 1. The number of hydrogen-bond donors (Lipinski definition) is 0. The molecular weight excluding hydrogens is 302 g/mol. The normalized spacial score (nSPS) is 22.0. The molecule has 0 amide bonds. The number of ether oxygens (including phenoxy) is 2. The average molecular weight is 321 g/mol. The van der Waals surface area contributed by atoms with Crippen LogP contribution in [0.25, 0.3) is 10.2 Å². The summed E-state index contributed by atoms with van der Waals surface area (Å²) in [5, 5.41) is 3.05. The molecule has 0 aromatic carbocycles. The number of nitrogens with zero attached hydrogens (tertiary/aromatic N) is 3. The molecule has 2 aromatic rings. The van der Waals surface area contributed by atoms with Crippen LogP contribution < -0.4 is 4.90 Å². The Kier molecular flexibility index (Phi) is 4.26. The van der Waals surface area contributed by atoms with E-state index >= 15 is 0 Å². The minimum absolute atomic E-state index is 0.0634. The lowest BCUT2D eigenvalue weighted by Crippen LogP contribution is -2.50. The third kappa shape index (κ3) is 2.78. The van der Waals surface area contributed by atoms with Crippen molar-refractivity contribution >= 4 is 33.3 Å². The molecule has 0 radical (unpaired) electrons. The van der Waals surface area contributed by atoms with Crippen molar-refractivity contribution in [3.63, 3.8) is 0 Å². The minimum atomic E-state index is -0.581. The van der Waals surface area contributed by atoms with Crippen molar-refractivity contribution in [3.05, 3.63) is 17.3 Å². The van der Waals surface area contributed by atoms with Crippen molar-refractivity contribution in [2.24, 2.45) is 0 Å². The van der Waals surface area contributed by atoms with Gasteiger partial charge in [0, 0.05) is 13.0 Å². The van der Waals surface area contributed by atoms with Crippen LogP contribution in [0.3, 0.4) is 0 Å². The number of carbonyl (C=O) groups excluding carboxylic acids is 1. The van der Waals surface area contributed by atoms with E-state index in [2.05, 4.69) is 14.9 Å². The Hall–Kier alpha value is -1.73. The van der Waals surface area contributed by atoms with E-state index in [0.717, 1.165) is 28.3 Å². The van der Waals surface area contributed by atoms with Gasteiger partial charge in [-0.15, -0.1) is 11.3 Å². The molecule has 1 saturated heterocycles. The summed E-state index contributed by atoms with van der Waals surface area (Å²) in [6.45, 7) is 5.13. The quantitative estimate of drug-likeness (QED) is 0.806. The maximum absolute atomic E-state index is 11.8. The van der Waals surface area contributed by atoms with Gasteiger partial charge >= 0.3 is 5.97 Å². The van der Waals surface area contributed by atoms with Crippen LogP contribution in [0.5, 0.6) is 0 Å². The summed E-state index contributed by atoms with van der Waals surface area (Å²) >= 11 is 1.61. The summed E-state index contributed by atoms with van der Waals surface area (Å²) in [5.41, 5.74) is 0. The highest BCUT2D eigenvalue weighted by Crippen LogP contribution is 2.30. The molecule has 2 aromatic heterocycles. The molecule has 3 heterocycles. The fourth-order valence-corrected chi connectivity index (χ4v) is 3.45. The van der Waals surface area contributed by atoms with Crippen LogP contribution in [0, 0.1) is 0 Å². The number of morpholine rings is 1. The Balaban J connectivity index is 1.98. The van der Waals surface area contributed by atoms with E-state index in [1.165, 1.54) is 7.11 Å². The van der Waals surface area contributed by atoms with Crippen molar-refractivity contribution < 1.29 is 14.3 Å². The maximum Gasteiger partial charge on any atom is 0.336 e. The van der Waals surface area contributed by atoms with E-state index in [1.807, 2.05) is 25.3 Å². The number of anilines is 1. The predicted molar refractivity (Wildman–Crippen MR) is 85.4 cm³/mol. The molecule has 7 heteroatoms. The average Bonchev–Trinajstić information content (AvgIpc) is 3.00. The molecule has 0 bridgehead atoms. The highest BCUT2D eigenvalue weighted by atomic mass is 32.1. The molecule has 2 atom stereocenters. The van der Waals surface area contributed by atoms with Crippen molar-refractivity contribution in [3.8, 4) is 0 Å². The summed E-state index contributed by atoms with van der Waals surface area (Å²) in [6.07, 6.45) is 0.135. The van der Waals surface area contributed by atoms with Crippen LogP contribution in [-0.2, 0) is 20.7 Å². The zero-order valence-corrected chi connectivity index (χ0v) is 13.7. The summed E-state index contributed by atoms with van der Waals surface area (Å²) in [4.78, 5) is 24.1. The third-order valence-corrected chi connectivity index (χ3v) is 4.50. The second-order valence-electron chi connectivity index (χ2n) is 5.32. The second-order valence-corrected chi connectivity index (χ2v) is 6.21. The third-order valence-electron chi connectivity index (χ3n) is 3.69. The van der Waals surface area contributed by atoms with E-state index in [0.29, 0.717) is 13.1 Å². The minimum Gasteiger partial charge on any atom is -0.467 e. The molecule has 1 aliphatic heterocycles. The fourth-order valence-electron chi connectivity index (χ4n) is 2.67. The highest BCUT2D eigenvalue weighted by Gasteiger charge is 2.32. The summed E-state index contributed by atoms with van der Waals surface area (Å²) in [6, 6.07) is 2.03. The monoisotopic (exact) mass is 321 g/mol. The molecule has 0 saturated carbocycles. The van der Waals surface area contributed by atoms with Crippen LogP contribution in [0.2, 0.25) is 0 Å². The van der Waals surface area contributed by atoms with Crippen LogP contribution in [0.4, 0.5) is 5.82 Å². The van der Waals surface area contributed by atoms with Crippen molar-refractivity contribution in [1.82, 2.24) is 9.97 Å². The van der Waals surface area contributed by atoms with Gasteiger partial charge < -0.3 is 14.4 Å². The van der Waals surface area contributed by atoms with Gasteiger partial charge in [-0.2, -0.15) is 0 Å². The van der Waals surface area contributed by atoms with Crippen LogP contribution in [0.15, 0.2) is 11.4 Å². The molecule has 1 aliphatic rings. The Morgan fingerprint density at radius 1 is 1.50 bits per heavy atom. The van der Waals surface area contributed by atoms with Gasteiger partial charge in [-0.25, -0.2) is 14.8 Å². The molecule has 0 spiro atoms. The molecule has 1 unspecified atom stereocenters. The standard InChI is InChI=1S/C15H19N3O3S/c1-4-12-16-13(10-5-6-22-14(10)17-12)18-7-9(2)21-11(8-18)15(19)20-3/h5-6,9,11H,4,7-8H2,1-3H3/t9-,11?/m1/s1. The van der Waals surface area contributed by atoms with Gasteiger partial charge in [-0.1, -0.05) is 6.92 Å². The largest absolute Gasteiger partial charge is 0.467 e. The van der Waals surface area contributed by atoms with E-state index < -0.39 is 6.10 Å². The maximum atomic E-state index is 11.8. The number of carbonyl (C=O) groups is 1. The van der Waals surface area contributed by atoms with E-state index in [9.17, 15) is 4.79 Å². The van der Waals surface area contributed by atoms with Gasteiger partial charge in [-0.3, -0.25) is 0 Å². The topological polar surface area (TPSA) is 64.6 Å².